The summed E-state index contributed by atoms with van der Waals surface area (Å²) in [4.78, 5) is 26.1. The number of carbonyl (C=O) groups is 2. The van der Waals surface area contributed by atoms with E-state index in [9.17, 15) is 9.59 Å². The smallest absolute Gasteiger partial charge is 0.344 e. The summed E-state index contributed by atoms with van der Waals surface area (Å²) in [5.74, 6) is -0.692. The third kappa shape index (κ3) is 4.96. The first-order valence-corrected chi connectivity index (χ1v) is 4.90. The minimum absolute atomic E-state index is 0.345. The van der Waals surface area contributed by atoms with Crippen LogP contribution in [0.25, 0.3) is 0 Å². The zero-order valence-corrected chi connectivity index (χ0v) is 9.05. The molecule has 0 radical (unpaired) electrons. The fourth-order valence-electron chi connectivity index (χ4n) is 1.15. The molecular formula is C10H14N4O3. The fraction of sp³-hybridized carbons (Fsp3) is 0.200. The first kappa shape index (κ1) is 12.9. The lowest BCUT2D eigenvalue weighted by Crippen LogP contribution is -2.45. The number of nitrogens with two attached hydrogens (primary N) is 2. The summed E-state index contributed by atoms with van der Waals surface area (Å²) in [6, 6.07) is 7.57. The number of rotatable bonds is 5. The summed E-state index contributed by atoms with van der Waals surface area (Å²) in [7, 11) is 0. The third-order valence-electron chi connectivity index (χ3n) is 1.93. The highest BCUT2D eigenvalue weighted by atomic mass is 16.7. The van der Waals surface area contributed by atoms with Crippen molar-refractivity contribution in [2.45, 2.75) is 12.5 Å². The van der Waals surface area contributed by atoms with Gasteiger partial charge < -0.3 is 16.3 Å². The lowest BCUT2D eigenvalue weighted by atomic mass is 10.1. The predicted molar refractivity (Wildman–Crippen MR) is 60.1 cm³/mol. The second-order valence-electron chi connectivity index (χ2n) is 3.31. The fourth-order valence-corrected chi connectivity index (χ4v) is 1.15. The van der Waals surface area contributed by atoms with Crippen molar-refractivity contribution in [1.82, 2.24) is 11.0 Å². The van der Waals surface area contributed by atoms with Gasteiger partial charge in [0.2, 0.25) is 0 Å². The Balaban J connectivity index is 2.34. The second-order valence-corrected chi connectivity index (χ2v) is 3.31. The second kappa shape index (κ2) is 6.46. The number of hydrogen-bond acceptors (Lipinski definition) is 5. The number of primary amides is 1. The molecule has 0 saturated carbocycles. The van der Waals surface area contributed by atoms with Crippen molar-refractivity contribution in [1.29, 1.82) is 0 Å². The molecule has 17 heavy (non-hydrogen) atoms. The Morgan fingerprint density at radius 3 is 2.53 bits per heavy atom. The van der Waals surface area contributed by atoms with Gasteiger partial charge in [-0.1, -0.05) is 35.9 Å². The quantitative estimate of drug-likeness (QED) is 0.500. The number of carbonyl (C=O) groups excluding carboxylic acids is 2. The van der Waals surface area contributed by atoms with Crippen molar-refractivity contribution in [3.63, 3.8) is 0 Å². The van der Waals surface area contributed by atoms with E-state index in [1.54, 1.807) is 0 Å². The number of nitrogens with one attached hydrogen (secondary N) is 2. The molecule has 6 N–H and O–H groups in total. The van der Waals surface area contributed by atoms with E-state index in [1.165, 1.54) is 0 Å². The van der Waals surface area contributed by atoms with Crippen LogP contribution in [-0.2, 0) is 16.1 Å². The summed E-state index contributed by atoms with van der Waals surface area (Å²) < 4.78 is 0. The molecule has 1 aromatic carbocycles. The first-order valence-electron chi connectivity index (χ1n) is 4.90. The molecule has 0 heterocycles. The molecule has 7 heteroatoms. The van der Waals surface area contributed by atoms with Crippen molar-refractivity contribution in [2.24, 2.45) is 11.5 Å². The van der Waals surface area contributed by atoms with Crippen molar-refractivity contribution in [3.8, 4) is 0 Å². The van der Waals surface area contributed by atoms with Gasteiger partial charge in [0, 0.05) is 0 Å². The standard InChI is InChI=1S/C10H14N4O3/c11-8(6-7-4-2-1-3-5-7)9(15)17-14-13-10(12)16/h1-5,8,14H,6,11H2,(H3,12,13,16)/t8-/m0/s1. The van der Waals surface area contributed by atoms with Gasteiger partial charge in [0.05, 0.1) is 0 Å². The highest BCUT2D eigenvalue weighted by Gasteiger charge is 2.15. The lowest BCUT2D eigenvalue weighted by Gasteiger charge is -2.11. The van der Waals surface area contributed by atoms with Gasteiger partial charge in [-0.05, 0) is 12.0 Å². The molecular weight excluding hydrogens is 224 g/mol. The summed E-state index contributed by atoms with van der Waals surface area (Å²) >= 11 is 0. The topological polar surface area (TPSA) is 119 Å². The Kier molecular flexibility index (Phi) is 4.92. The molecule has 0 saturated heterocycles. The molecule has 0 aliphatic carbocycles. The van der Waals surface area contributed by atoms with Crippen LogP contribution < -0.4 is 22.5 Å². The largest absolute Gasteiger partial charge is 0.350 e. The van der Waals surface area contributed by atoms with Gasteiger partial charge in [-0.15, -0.1) is 0 Å². The minimum Gasteiger partial charge on any atom is -0.350 e. The maximum Gasteiger partial charge on any atom is 0.344 e. The van der Waals surface area contributed by atoms with E-state index < -0.39 is 18.0 Å². The Bertz CT molecular complexity index is 382. The van der Waals surface area contributed by atoms with Gasteiger partial charge in [0.1, 0.15) is 6.04 Å². The zero-order chi connectivity index (χ0) is 12.7. The summed E-state index contributed by atoms with van der Waals surface area (Å²) in [6.45, 7) is 0. The molecule has 2 amide bonds. The maximum atomic E-state index is 11.3. The molecule has 1 aromatic rings. The van der Waals surface area contributed by atoms with Crippen LogP contribution in [0, 0.1) is 0 Å². The van der Waals surface area contributed by atoms with E-state index in [-0.39, 0.29) is 0 Å². The molecule has 0 fully saturated rings. The molecule has 0 bridgehead atoms. The van der Waals surface area contributed by atoms with Gasteiger partial charge in [0.15, 0.2) is 0 Å². The lowest BCUT2D eigenvalue weighted by molar-refractivity contribution is -0.154. The van der Waals surface area contributed by atoms with Crippen LogP contribution in [0.15, 0.2) is 30.3 Å². The van der Waals surface area contributed by atoms with Gasteiger partial charge in [-0.2, -0.15) is 0 Å². The molecule has 0 spiro atoms. The molecule has 92 valence electrons. The average molecular weight is 238 g/mol. The van der Waals surface area contributed by atoms with E-state index in [1.807, 2.05) is 41.3 Å². The van der Waals surface area contributed by atoms with E-state index in [0.29, 0.717) is 6.42 Å². The highest BCUT2D eigenvalue weighted by Crippen LogP contribution is 2.02. The number of benzene rings is 1. The van der Waals surface area contributed by atoms with Crippen molar-refractivity contribution >= 4 is 12.0 Å². The van der Waals surface area contributed by atoms with Crippen molar-refractivity contribution in [2.75, 3.05) is 0 Å². The van der Waals surface area contributed by atoms with Gasteiger partial charge in [0.25, 0.3) is 0 Å². The van der Waals surface area contributed by atoms with Crippen LogP contribution in [0.1, 0.15) is 5.56 Å². The Morgan fingerprint density at radius 1 is 1.29 bits per heavy atom. The maximum absolute atomic E-state index is 11.3. The summed E-state index contributed by atoms with van der Waals surface area (Å²) in [6.07, 6.45) is 0.345. The molecule has 7 nitrogen and oxygen atoms in total. The molecule has 0 aromatic heterocycles. The SMILES string of the molecule is NC(=O)NNOC(=O)[C@@H](N)Cc1ccccc1. The predicted octanol–water partition coefficient (Wildman–Crippen LogP) is -0.812. The molecule has 1 atom stereocenters. The van der Waals surface area contributed by atoms with E-state index in [4.69, 9.17) is 11.5 Å². The minimum atomic E-state index is -0.866. The van der Waals surface area contributed by atoms with Gasteiger partial charge in [-0.25, -0.2) is 15.0 Å². The molecule has 0 unspecified atom stereocenters. The van der Waals surface area contributed by atoms with Crippen LogP contribution in [0.4, 0.5) is 4.79 Å². The van der Waals surface area contributed by atoms with Crippen molar-refractivity contribution < 1.29 is 14.4 Å². The number of urea groups is 1. The third-order valence-corrected chi connectivity index (χ3v) is 1.93. The van der Waals surface area contributed by atoms with Crippen LogP contribution in [-0.4, -0.2) is 18.0 Å². The number of hydrazine groups is 1. The summed E-state index contributed by atoms with van der Waals surface area (Å²) in [5.41, 5.74) is 15.0. The van der Waals surface area contributed by atoms with Gasteiger partial charge in [-0.3, -0.25) is 0 Å². The highest BCUT2D eigenvalue weighted by molar-refractivity contribution is 5.76. The Labute approximate surface area is 98.0 Å². The van der Waals surface area contributed by atoms with Crippen LogP contribution in [0.2, 0.25) is 0 Å². The molecule has 1 rings (SSSR count). The van der Waals surface area contributed by atoms with E-state index >= 15 is 0 Å². The Hall–Kier alpha value is -2.12. The van der Waals surface area contributed by atoms with Crippen LogP contribution in [0.3, 0.4) is 0 Å². The zero-order valence-electron chi connectivity index (χ0n) is 9.05. The number of amides is 2. The van der Waals surface area contributed by atoms with Crippen LogP contribution in [0.5, 0.6) is 0 Å². The number of hydrogen-bond donors (Lipinski definition) is 4. The van der Waals surface area contributed by atoms with E-state index in [2.05, 4.69) is 4.84 Å². The van der Waals surface area contributed by atoms with Crippen LogP contribution >= 0.6 is 0 Å². The van der Waals surface area contributed by atoms with Gasteiger partial charge >= 0.3 is 12.0 Å². The van der Waals surface area contributed by atoms with Crippen molar-refractivity contribution in [3.05, 3.63) is 35.9 Å². The normalized spacial score (nSPS) is 11.6. The first-order chi connectivity index (χ1) is 8.09. The van der Waals surface area contributed by atoms with E-state index in [0.717, 1.165) is 5.56 Å². The Morgan fingerprint density at radius 2 is 1.94 bits per heavy atom. The molecule has 0 aliphatic rings. The molecule has 0 aliphatic heterocycles. The summed E-state index contributed by atoms with van der Waals surface area (Å²) in [5, 5.41) is 0. The average Bonchev–Trinajstić information content (AvgIpc) is 2.29. The monoisotopic (exact) mass is 238 g/mol.